The van der Waals surface area contributed by atoms with Crippen LogP contribution in [0.5, 0.6) is 0 Å². The Morgan fingerprint density at radius 1 is 0.814 bits per heavy atom. The number of carbonyl (C=O) groups is 2. The summed E-state index contributed by atoms with van der Waals surface area (Å²) < 4.78 is 28.2. The van der Waals surface area contributed by atoms with Gasteiger partial charge in [0.1, 0.15) is 6.04 Å². The number of likely N-dealkylation sites (N-methyl/N-ethyl adjacent to an activating group) is 1. The largest absolute Gasteiger partial charge is 0.354 e. The van der Waals surface area contributed by atoms with E-state index in [0.29, 0.717) is 22.2 Å². The highest BCUT2D eigenvalue weighted by molar-refractivity contribution is 7.89. The van der Waals surface area contributed by atoms with Crippen molar-refractivity contribution in [1.82, 2.24) is 14.5 Å². The predicted molar refractivity (Wildman–Crippen MR) is 173 cm³/mol. The van der Waals surface area contributed by atoms with Crippen molar-refractivity contribution < 1.29 is 18.0 Å². The average Bonchev–Trinajstić information content (AvgIpc) is 2.99. The Bertz CT molecular complexity index is 1700. The fourth-order valence-corrected chi connectivity index (χ4v) is 6.16. The van der Waals surface area contributed by atoms with Crippen LogP contribution in [0.15, 0.2) is 95.9 Å². The van der Waals surface area contributed by atoms with Crippen molar-refractivity contribution in [3.63, 3.8) is 0 Å². The molecule has 226 valence electrons. The molecule has 0 radical (unpaired) electrons. The van der Waals surface area contributed by atoms with Gasteiger partial charge in [-0.15, -0.1) is 0 Å². The van der Waals surface area contributed by atoms with E-state index in [4.69, 9.17) is 23.2 Å². The van der Waals surface area contributed by atoms with Crippen molar-refractivity contribution in [2.24, 2.45) is 5.92 Å². The summed E-state index contributed by atoms with van der Waals surface area (Å²) >= 11 is 12.4. The van der Waals surface area contributed by atoms with E-state index >= 15 is 0 Å². The summed E-state index contributed by atoms with van der Waals surface area (Å²) in [5.74, 6) is -0.664. The van der Waals surface area contributed by atoms with Gasteiger partial charge in [0.15, 0.2) is 0 Å². The smallest absolute Gasteiger partial charge is 0.243 e. The van der Waals surface area contributed by atoms with Crippen LogP contribution in [-0.2, 0) is 32.6 Å². The number of benzene rings is 4. The highest BCUT2D eigenvalue weighted by Gasteiger charge is 2.33. The van der Waals surface area contributed by atoms with Gasteiger partial charge >= 0.3 is 0 Å². The molecule has 0 spiro atoms. The quantitative estimate of drug-likeness (QED) is 0.201. The Morgan fingerprint density at radius 2 is 1.49 bits per heavy atom. The number of hydrogen-bond acceptors (Lipinski definition) is 4. The molecule has 43 heavy (non-hydrogen) atoms. The zero-order chi connectivity index (χ0) is 31.1. The summed E-state index contributed by atoms with van der Waals surface area (Å²) in [4.78, 5) is 29.2. The molecule has 0 bridgehead atoms. The second-order valence-electron chi connectivity index (χ2n) is 10.9. The summed E-state index contributed by atoms with van der Waals surface area (Å²) in [5.41, 5.74) is 1.51. The topological polar surface area (TPSA) is 86.8 Å². The van der Waals surface area contributed by atoms with Crippen LogP contribution in [0.4, 0.5) is 0 Å². The van der Waals surface area contributed by atoms with Gasteiger partial charge in [0.05, 0.1) is 21.5 Å². The van der Waals surface area contributed by atoms with E-state index < -0.39 is 28.5 Å². The third-order valence-corrected chi connectivity index (χ3v) is 9.62. The molecule has 0 aromatic heterocycles. The first-order valence-electron chi connectivity index (χ1n) is 14.0. The number of amides is 2. The maximum Gasteiger partial charge on any atom is 0.243 e. The predicted octanol–water partition coefficient (Wildman–Crippen LogP) is 6.18. The van der Waals surface area contributed by atoms with Crippen molar-refractivity contribution in [1.29, 1.82) is 0 Å². The van der Waals surface area contributed by atoms with Crippen LogP contribution in [0.1, 0.15) is 25.0 Å². The minimum atomic E-state index is -4.02. The summed E-state index contributed by atoms with van der Waals surface area (Å²) in [7, 11) is -2.66. The molecule has 2 amide bonds. The van der Waals surface area contributed by atoms with Crippen LogP contribution in [0.2, 0.25) is 10.0 Å². The first-order valence-corrected chi connectivity index (χ1v) is 16.2. The van der Waals surface area contributed by atoms with Crippen LogP contribution in [0.25, 0.3) is 10.8 Å². The number of hydrogen-bond donors (Lipinski definition) is 1. The second kappa shape index (κ2) is 14.4. The van der Waals surface area contributed by atoms with Crippen LogP contribution in [-0.4, -0.2) is 55.6 Å². The molecule has 0 saturated heterocycles. The van der Waals surface area contributed by atoms with Crippen LogP contribution in [0.3, 0.4) is 0 Å². The number of carbonyl (C=O) groups excluding carboxylic acids is 2. The van der Waals surface area contributed by atoms with Gasteiger partial charge < -0.3 is 10.2 Å². The van der Waals surface area contributed by atoms with E-state index in [1.807, 2.05) is 68.4 Å². The first-order chi connectivity index (χ1) is 20.5. The molecule has 0 saturated carbocycles. The molecular formula is C33H35Cl2N3O4S. The molecule has 1 atom stereocenters. The lowest BCUT2D eigenvalue weighted by Crippen LogP contribution is -2.53. The highest BCUT2D eigenvalue weighted by atomic mass is 35.5. The molecule has 0 unspecified atom stereocenters. The average molecular weight is 641 g/mol. The SMILES string of the molecule is CC(C)CNC(=O)[C@H](Cc1ccccc1)N(Cc1ccc(Cl)c(Cl)c1)C(=O)CN(C)S(=O)(=O)c1ccc2ccccc2c1. The first kappa shape index (κ1) is 32.5. The maximum absolute atomic E-state index is 14.1. The van der Waals surface area contributed by atoms with Crippen LogP contribution >= 0.6 is 23.2 Å². The Morgan fingerprint density at radius 3 is 2.16 bits per heavy atom. The number of rotatable bonds is 12. The summed E-state index contributed by atoms with van der Waals surface area (Å²) in [6.45, 7) is 3.94. The molecule has 0 aliphatic heterocycles. The Balaban J connectivity index is 1.68. The van der Waals surface area contributed by atoms with Gasteiger partial charge in [-0.2, -0.15) is 4.31 Å². The van der Waals surface area contributed by atoms with E-state index in [9.17, 15) is 18.0 Å². The molecule has 4 aromatic rings. The van der Waals surface area contributed by atoms with E-state index in [-0.39, 0.29) is 29.7 Å². The fourth-order valence-electron chi connectivity index (χ4n) is 4.69. The van der Waals surface area contributed by atoms with Gasteiger partial charge in [-0.25, -0.2) is 8.42 Å². The molecular weight excluding hydrogens is 605 g/mol. The molecule has 7 nitrogen and oxygen atoms in total. The highest BCUT2D eigenvalue weighted by Crippen LogP contribution is 2.25. The number of halogens is 2. The third kappa shape index (κ3) is 8.36. The van der Waals surface area contributed by atoms with Gasteiger partial charge in [-0.1, -0.05) is 104 Å². The lowest BCUT2D eigenvalue weighted by Gasteiger charge is -2.33. The molecule has 10 heteroatoms. The second-order valence-corrected chi connectivity index (χ2v) is 13.7. The Labute approximate surface area is 263 Å². The molecule has 1 N–H and O–H groups in total. The van der Waals surface area contributed by atoms with E-state index in [1.165, 1.54) is 18.0 Å². The van der Waals surface area contributed by atoms with Crippen molar-refractivity contribution >= 4 is 55.8 Å². The number of fused-ring (bicyclic) bond motifs is 1. The summed E-state index contributed by atoms with van der Waals surface area (Å²) in [6, 6.07) is 25.8. The van der Waals surface area contributed by atoms with Crippen molar-refractivity contribution in [2.45, 2.75) is 37.8 Å². The summed E-state index contributed by atoms with van der Waals surface area (Å²) in [5, 5.41) is 5.31. The van der Waals surface area contributed by atoms with Crippen LogP contribution in [0, 0.1) is 5.92 Å². The molecule has 0 aliphatic carbocycles. The molecule has 4 aromatic carbocycles. The van der Waals surface area contributed by atoms with Crippen molar-refractivity contribution in [3.05, 3.63) is 112 Å². The van der Waals surface area contributed by atoms with E-state index in [2.05, 4.69) is 5.32 Å². The lowest BCUT2D eigenvalue weighted by atomic mass is 10.0. The number of sulfonamides is 1. The summed E-state index contributed by atoms with van der Waals surface area (Å²) in [6.07, 6.45) is 0.235. The molecule has 0 heterocycles. The van der Waals surface area contributed by atoms with E-state index in [0.717, 1.165) is 20.6 Å². The van der Waals surface area contributed by atoms with Gasteiger partial charge in [0, 0.05) is 26.6 Å². The monoisotopic (exact) mass is 639 g/mol. The van der Waals surface area contributed by atoms with Gasteiger partial charge in [0.25, 0.3) is 0 Å². The Hall–Kier alpha value is -3.43. The zero-order valence-corrected chi connectivity index (χ0v) is 26.7. The van der Waals surface area contributed by atoms with E-state index in [1.54, 1.807) is 30.3 Å². The lowest BCUT2D eigenvalue weighted by molar-refractivity contribution is -0.141. The van der Waals surface area contributed by atoms with Crippen molar-refractivity contribution in [3.8, 4) is 0 Å². The fraction of sp³-hybridized carbons (Fsp3) is 0.273. The minimum Gasteiger partial charge on any atom is -0.354 e. The van der Waals surface area contributed by atoms with Gasteiger partial charge in [0.2, 0.25) is 21.8 Å². The number of nitrogens with one attached hydrogen (secondary N) is 1. The zero-order valence-electron chi connectivity index (χ0n) is 24.3. The van der Waals surface area contributed by atoms with Crippen LogP contribution < -0.4 is 5.32 Å². The van der Waals surface area contributed by atoms with Gasteiger partial charge in [-0.05, 0) is 52.1 Å². The third-order valence-electron chi connectivity index (χ3n) is 7.08. The van der Waals surface area contributed by atoms with Gasteiger partial charge in [-0.3, -0.25) is 9.59 Å². The Kier molecular flexibility index (Phi) is 10.8. The minimum absolute atomic E-state index is 0.0200. The molecule has 0 aliphatic rings. The number of nitrogens with zero attached hydrogens (tertiary/aromatic N) is 2. The maximum atomic E-state index is 14.1. The van der Waals surface area contributed by atoms with Crippen molar-refractivity contribution in [2.75, 3.05) is 20.1 Å². The standard InChI is InChI=1S/C33H35Cl2N3O4S/c1-23(2)20-36-33(40)31(18-24-9-5-4-6-10-24)38(21-25-13-16-29(34)30(35)17-25)32(39)22-37(3)43(41,42)28-15-14-26-11-7-8-12-27(26)19-28/h4-17,19,23,31H,18,20-22H2,1-3H3,(H,36,40)/t31-/m0/s1. The molecule has 0 fully saturated rings. The normalized spacial score (nSPS) is 12.4. The molecule has 4 rings (SSSR count).